The Morgan fingerprint density at radius 2 is 1.93 bits per heavy atom. The van der Waals surface area contributed by atoms with E-state index in [0.29, 0.717) is 6.54 Å². The van der Waals surface area contributed by atoms with Crippen LogP contribution in [0, 0.1) is 0 Å². The van der Waals surface area contributed by atoms with Gasteiger partial charge in [-0.05, 0) is 36.1 Å². The zero-order valence-corrected chi connectivity index (χ0v) is 17.1. The van der Waals surface area contributed by atoms with Gasteiger partial charge in [-0.15, -0.1) is 0 Å². The van der Waals surface area contributed by atoms with Crippen LogP contribution in [0.15, 0.2) is 59.1 Å². The Balaban J connectivity index is 1.88. The molecule has 3 rings (SSSR count). The third kappa shape index (κ3) is 4.37. The van der Waals surface area contributed by atoms with Gasteiger partial charge in [-0.25, -0.2) is 0 Å². The summed E-state index contributed by atoms with van der Waals surface area (Å²) in [5.74, 6) is 0.115. The van der Waals surface area contributed by atoms with E-state index >= 15 is 0 Å². The summed E-state index contributed by atoms with van der Waals surface area (Å²) in [6.07, 6.45) is 0.439. The van der Waals surface area contributed by atoms with Gasteiger partial charge in [0.05, 0.1) is 0 Å². The maximum absolute atomic E-state index is 12.0. The van der Waals surface area contributed by atoms with Crippen LogP contribution < -0.4 is 5.32 Å². The Morgan fingerprint density at radius 1 is 1.26 bits per heavy atom. The van der Waals surface area contributed by atoms with Gasteiger partial charge in [0.2, 0.25) is 0 Å². The number of ether oxygens (including phenoxy) is 1. The molecule has 0 radical (unpaired) electrons. The summed E-state index contributed by atoms with van der Waals surface area (Å²) in [5.41, 5.74) is 1.22. The molecule has 2 aromatic carbocycles. The third-order valence-corrected chi connectivity index (χ3v) is 5.77. The van der Waals surface area contributed by atoms with E-state index in [9.17, 15) is 9.59 Å². The summed E-state index contributed by atoms with van der Waals surface area (Å²) in [6, 6.07) is 17.6. The van der Waals surface area contributed by atoms with E-state index in [2.05, 4.69) is 28.2 Å². The lowest BCUT2D eigenvalue weighted by molar-refractivity contribution is -0.162. The van der Waals surface area contributed by atoms with Crippen molar-refractivity contribution in [3.05, 3.63) is 70.2 Å². The highest BCUT2D eigenvalue weighted by atomic mass is 79.9. The topological polar surface area (TPSA) is 55.4 Å². The van der Waals surface area contributed by atoms with Crippen LogP contribution in [-0.2, 0) is 19.9 Å². The van der Waals surface area contributed by atoms with Crippen molar-refractivity contribution in [3.8, 4) is 0 Å². The summed E-state index contributed by atoms with van der Waals surface area (Å²) in [6.45, 7) is 4.12. The van der Waals surface area contributed by atoms with E-state index in [4.69, 9.17) is 4.74 Å². The molecule has 0 bridgehead atoms. The number of nitrogens with one attached hydrogen (secondary N) is 1. The van der Waals surface area contributed by atoms with Crippen LogP contribution in [0.3, 0.4) is 0 Å². The molecule has 142 valence electrons. The summed E-state index contributed by atoms with van der Waals surface area (Å²) in [4.78, 5) is 23.9. The summed E-state index contributed by atoms with van der Waals surface area (Å²) in [7, 11) is 0. The molecule has 27 heavy (non-hydrogen) atoms. The van der Waals surface area contributed by atoms with Crippen molar-refractivity contribution in [1.82, 2.24) is 5.32 Å². The largest absolute Gasteiger partial charge is 0.356 e. The Morgan fingerprint density at radius 3 is 2.52 bits per heavy atom. The lowest BCUT2D eigenvalue weighted by Crippen LogP contribution is -2.60. The standard InChI is InChI=1S/C22H24BrNO3/c1-15(26)12-22(18-6-4-3-5-7-18)14-24-21(20(13-25)27-22)16(2)17-8-10-19(23)11-9-17/h3-11,13,16,20-21,24H,12,14H2,1-2H3/t16-,20?,21?,22?/m0/s1. The van der Waals surface area contributed by atoms with Crippen LogP contribution >= 0.6 is 15.9 Å². The van der Waals surface area contributed by atoms with Gasteiger partial charge in [-0.3, -0.25) is 4.79 Å². The number of hydrogen-bond donors (Lipinski definition) is 1. The van der Waals surface area contributed by atoms with Crippen molar-refractivity contribution in [2.24, 2.45) is 0 Å². The second kappa shape index (κ2) is 8.46. The minimum Gasteiger partial charge on any atom is -0.356 e. The SMILES string of the molecule is CC(=O)CC1(c2ccccc2)CNC([C@@H](C)c2ccc(Br)cc2)C(C=O)O1. The van der Waals surface area contributed by atoms with E-state index in [-0.39, 0.29) is 24.2 Å². The van der Waals surface area contributed by atoms with Crippen molar-refractivity contribution >= 4 is 28.0 Å². The van der Waals surface area contributed by atoms with E-state index in [1.165, 1.54) is 0 Å². The Bertz CT molecular complexity index is 793. The van der Waals surface area contributed by atoms with Crippen molar-refractivity contribution in [2.45, 2.75) is 43.9 Å². The fraction of sp³-hybridized carbons (Fsp3) is 0.364. The second-order valence-electron chi connectivity index (χ2n) is 7.20. The normalized spacial score (nSPS) is 26.3. The number of carbonyl (C=O) groups excluding carboxylic acids is 2. The second-order valence-corrected chi connectivity index (χ2v) is 8.12. The molecular weight excluding hydrogens is 406 g/mol. The van der Waals surface area contributed by atoms with Gasteiger partial charge in [0.25, 0.3) is 0 Å². The number of morpholine rings is 1. The van der Waals surface area contributed by atoms with Crippen LogP contribution in [0.25, 0.3) is 0 Å². The summed E-state index contributed by atoms with van der Waals surface area (Å²) >= 11 is 3.45. The first-order chi connectivity index (χ1) is 12.9. The van der Waals surface area contributed by atoms with Crippen LogP contribution in [0.1, 0.15) is 37.3 Å². The molecule has 0 aliphatic carbocycles. The van der Waals surface area contributed by atoms with Crippen LogP contribution in [0.5, 0.6) is 0 Å². The van der Waals surface area contributed by atoms with Crippen molar-refractivity contribution < 1.29 is 14.3 Å². The van der Waals surface area contributed by atoms with Crippen molar-refractivity contribution in [1.29, 1.82) is 0 Å². The smallest absolute Gasteiger partial charge is 0.150 e. The first-order valence-electron chi connectivity index (χ1n) is 9.12. The van der Waals surface area contributed by atoms with E-state index in [1.54, 1.807) is 6.92 Å². The zero-order chi connectivity index (χ0) is 19.4. The molecule has 1 heterocycles. The van der Waals surface area contributed by atoms with E-state index in [1.807, 2.05) is 54.6 Å². The zero-order valence-electron chi connectivity index (χ0n) is 15.5. The number of aldehydes is 1. The van der Waals surface area contributed by atoms with E-state index in [0.717, 1.165) is 21.9 Å². The lowest BCUT2D eigenvalue weighted by Gasteiger charge is -2.45. The fourth-order valence-corrected chi connectivity index (χ4v) is 4.11. The van der Waals surface area contributed by atoms with Gasteiger partial charge in [-0.2, -0.15) is 0 Å². The van der Waals surface area contributed by atoms with Gasteiger partial charge >= 0.3 is 0 Å². The minimum absolute atomic E-state index is 0.0321. The maximum Gasteiger partial charge on any atom is 0.150 e. The molecule has 0 amide bonds. The van der Waals surface area contributed by atoms with Gasteiger partial charge < -0.3 is 14.8 Å². The lowest BCUT2D eigenvalue weighted by atomic mass is 9.82. The molecule has 1 N–H and O–H groups in total. The highest BCUT2D eigenvalue weighted by Crippen LogP contribution is 2.37. The van der Waals surface area contributed by atoms with Gasteiger partial charge in [0, 0.05) is 23.5 Å². The first-order valence-corrected chi connectivity index (χ1v) is 9.91. The molecular formula is C22H24BrNO3. The van der Waals surface area contributed by atoms with Crippen molar-refractivity contribution in [3.63, 3.8) is 0 Å². The highest BCUT2D eigenvalue weighted by molar-refractivity contribution is 9.10. The predicted octanol–water partition coefficient (Wildman–Crippen LogP) is 3.98. The average Bonchev–Trinajstić information content (AvgIpc) is 2.68. The number of benzene rings is 2. The number of ketones is 1. The maximum atomic E-state index is 12.0. The Kier molecular flexibility index (Phi) is 6.25. The van der Waals surface area contributed by atoms with Gasteiger partial charge in [0.15, 0.2) is 0 Å². The molecule has 0 aromatic heterocycles. The predicted molar refractivity (Wildman–Crippen MR) is 109 cm³/mol. The molecule has 1 saturated heterocycles. The summed E-state index contributed by atoms with van der Waals surface area (Å²) < 4.78 is 7.35. The summed E-state index contributed by atoms with van der Waals surface area (Å²) in [5, 5.41) is 3.51. The molecule has 4 atom stereocenters. The third-order valence-electron chi connectivity index (χ3n) is 5.24. The molecule has 1 aliphatic heterocycles. The fourth-order valence-electron chi connectivity index (χ4n) is 3.84. The number of halogens is 1. The number of carbonyl (C=O) groups is 2. The quantitative estimate of drug-likeness (QED) is 0.705. The number of hydrogen-bond acceptors (Lipinski definition) is 4. The molecule has 5 heteroatoms. The monoisotopic (exact) mass is 429 g/mol. The molecule has 1 aliphatic rings. The van der Waals surface area contributed by atoms with Crippen LogP contribution in [-0.4, -0.2) is 30.8 Å². The first kappa shape index (κ1) is 19.9. The Hall–Kier alpha value is -1.82. The molecule has 1 fully saturated rings. The number of Topliss-reactive ketones (excluding diaryl/α,β-unsaturated/α-hetero) is 1. The van der Waals surface area contributed by atoms with Crippen LogP contribution in [0.2, 0.25) is 0 Å². The molecule has 2 aromatic rings. The number of rotatable bonds is 6. The molecule has 4 nitrogen and oxygen atoms in total. The Labute approximate surface area is 168 Å². The molecule has 0 spiro atoms. The molecule has 0 saturated carbocycles. The van der Waals surface area contributed by atoms with E-state index < -0.39 is 11.7 Å². The average molecular weight is 430 g/mol. The minimum atomic E-state index is -0.825. The van der Waals surface area contributed by atoms with Gasteiger partial charge in [0.1, 0.15) is 23.8 Å². The molecule has 3 unspecified atom stereocenters. The highest BCUT2D eigenvalue weighted by Gasteiger charge is 2.45. The van der Waals surface area contributed by atoms with Crippen LogP contribution in [0.4, 0.5) is 0 Å². The van der Waals surface area contributed by atoms with Gasteiger partial charge in [-0.1, -0.05) is 65.3 Å². The van der Waals surface area contributed by atoms with Crippen molar-refractivity contribution in [2.75, 3.05) is 6.54 Å².